The van der Waals surface area contributed by atoms with E-state index in [1.54, 1.807) is 11.3 Å². The van der Waals surface area contributed by atoms with Gasteiger partial charge in [0.15, 0.2) is 0 Å². The SMILES string of the molecule is Cn1cc(/C=C\C(=O)OCc2csc(-c3ccsc3)n2)c(=O)n(C)c1=O. The van der Waals surface area contributed by atoms with Gasteiger partial charge in [0, 0.05) is 42.7 Å². The van der Waals surface area contributed by atoms with Crippen molar-refractivity contribution in [2.24, 2.45) is 14.1 Å². The molecule has 0 atom stereocenters. The molecule has 0 radical (unpaired) electrons. The zero-order chi connectivity index (χ0) is 18.7. The molecule has 0 fully saturated rings. The highest BCUT2D eigenvalue weighted by Gasteiger charge is 2.08. The number of thiazole rings is 1. The van der Waals surface area contributed by atoms with Gasteiger partial charge in [-0.1, -0.05) is 0 Å². The Bertz CT molecular complexity index is 1070. The quantitative estimate of drug-likeness (QED) is 0.492. The van der Waals surface area contributed by atoms with Crippen molar-refractivity contribution in [3.63, 3.8) is 0 Å². The Morgan fingerprint density at radius 3 is 2.85 bits per heavy atom. The largest absolute Gasteiger partial charge is 0.456 e. The van der Waals surface area contributed by atoms with Crippen molar-refractivity contribution in [1.29, 1.82) is 0 Å². The van der Waals surface area contributed by atoms with Crippen molar-refractivity contribution >= 4 is 34.7 Å². The van der Waals surface area contributed by atoms with E-state index >= 15 is 0 Å². The number of thiophene rings is 1. The third-order valence-electron chi connectivity index (χ3n) is 3.55. The second kappa shape index (κ2) is 7.63. The first-order valence-corrected chi connectivity index (χ1v) is 9.36. The average Bonchev–Trinajstić information content (AvgIpc) is 3.31. The number of aromatic nitrogens is 3. The predicted molar refractivity (Wildman–Crippen MR) is 101 cm³/mol. The van der Waals surface area contributed by atoms with Gasteiger partial charge in [-0.2, -0.15) is 11.3 Å². The molecule has 0 unspecified atom stereocenters. The van der Waals surface area contributed by atoms with E-state index in [0.717, 1.165) is 21.2 Å². The van der Waals surface area contributed by atoms with E-state index in [9.17, 15) is 14.4 Å². The minimum absolute atomic E-state index is 0.0507. The maximum Gasteiger partial charge on any atom is 0.331 e. The summed E-state index contributed by atoms with van der Waals surface area (Å²) >= 11 is 3.08. The van der Waals surface area contributed by atoms with Gasteiger partial charge in [0.1, 0.15) is 11.6 Å². The summed E-state index contributed by atoms with van der Waals surface area (Å²) in [5.74, 6) is -0.592. The highest BCUT2D eigenvalue weighted by atomic mass is 32.1. The van der Waals surface area contributed by atoms with Gasteiger partial charge in [-0.3, -0.25) is 9.36 Å². The second-order valence-corrected chi connectivity index (χ2v) is 7.08. The van der Waals surface area contributed by atoms with E-state index in [1.807, 2.05) is 22.2 Å². The van der Waals surface area contributed by atoms with Crippen LogP contribution in [0.15, 0.2) is 44.1 Å². The topological polar surface area (TPSA) is 83.2 Å². The minimum Gasteiger partial charge on any atom is -0.456 e. The molecule has 9 heteroatoms. The number of hydrogen-bond acceptors (Lipinski definition) is 7. The van der Waals surface area contributed by atoms with Crippen LogP contribution in [0.3, 0.4) is 0 Å². The lowest BCUT2D eigenvalue weighted by atomic mass is 10.3. The molecule has 0 aliphatic carbocycles. The molecule has 0 N–H and O–H groups in total. The standard InChI is InChI=1S/C17H15N3O4S2/c1-19-7-11(16(22)20(2)17(19)23)3-4-14(21)24-8-13-10-26-15(18-13)12-5-6-25-9-12/h3-7,9-10H,8H2,1-2H3/b4-3-. The zero-order valence-corrected chi connectivity index (χ0v) is 15.7. The number of carbonyl (C=O) groups is 1. The van der Waals surface area contributed by atoms with Crippen LogP contribution in [-0.2, 0) is 30.2 Å². The monoisotopic (exact) mass is 389 g/mol. The molecule has 3 rings (SSSR count). The number of ether oxygens (including phenoxy) is 1. The van der Waals surface area contributed by atoms with Crippen molar-refractivity contribution < 1.29 is 9.53 Å². The number of esters is 1. The average molecular weight is 389 g/mol. The molecule has 0 aliphatic rings. The minimum atomic E-state index is -0.592. The smallest absolute Gasteiger partial charge is 0.331 e. The molecular formula is C17H15N3O4S2. The Morgan fingerprint density at radius 1 is 1.31 bits per heavy atom. The van der Waals surface area contributed by atoms with Gasteiger partial charge in [-0.15, -0.1) is 11.3 Å². The zero-order valence-electron chi connectivity index (χ0n) is 14.0. The van der Waals surface area contributed by atoms with E-state index < -0.39 is 17.2 Å². The van der Waals surface area contributed by atoms with E-state index in [0.29, 0.717) is 5.69 Å². The molecule has 0 amide bonds. The summed E-state index contributed by atoms with van der Waals surface area (Å²) in [4.78, 5) is 39.9. The number of hydrogen-bond donors (Lipinski definition) is 0. The van der Waals surface area contributed by atoms with Crippen LogP contribution in [0.25, 0.3) is 16.6 Å². The Labute approximate surface area is 156 Å². The second-order valence-electron chi connectivity index (χ2n) is 5.44. The van der Waals surface area contributed by atoms with Crippen LogP contribution in [0, 0.1) is 0 Å². The van der Waals surface area contributed by atoms with Gasteiger partial charge in [0.25, 0.3) is 5.56 Å². The summed E-state index contributed by atoms with van der Waals surface area (Å²) in [6.45, 7) is 0.0507. The number of carbonyl (C=O) groups excluding carboxylic acids is 1. The maximum atomic E-state index is 12.0. The van der Waals surface area contributed by atoms with Crippen LogP contribution in [0.2, 0.25) is 0 Å². The van der Waals surface area contributed by atoms with E-state index in [-0.39, 0.29) is 12.2 Å². The number of aryl methyl sites for hydroxylation is 1. The Hall–Kier alpha value is -2.78. The third kappa shape index (κ3) is 3.89. The molecular weight excluding hydrogens is 374 g/mol. The molecule has 7 nitrogen and oxygen atoms in total. The predicted octanol–water partition coefficient (Wildman–Crippen LogP) is 2.03. The molecule has 0 aliphatic heterocycles. The fourth-order valence-corrected chi connectivity index (χ4v) is 3.71. The summed E-state index contributed by atoms with van der Waals surface area (Å²) in [6, 6.07) is 1.98. The van der Waals surface area contributed by atoms with Gasteiger partial charge >= 0.3 is 11.7 Å². The molecule has 0 bridgehead atoms. The van der Waals surface area contributed by atoms with Crippen molar-refractivity contribution in [2.45, 2.75) is 6.61 Å². The third-order valence-corrected chi connectivity index (χ3v) is 5.18. The summed E-state index contributed by atoms with van der Waals surface area (Å²) in [6.07, 6.45) is 3.87. The lowest BCUT2D eigenvalue weighted by molar-refractivity contribution is -0.139. The van der Waals surface area contributed by atoms with Crippen LogP contribution in [0.1, 0.15) is 11.3 Å². The van der Waals surface area contributed by atoms with Crippen LogP contribution in [0.5, 0.6) is 0 Å². The lowest BCUT2D eigenvalue weighted by Crippen LogP contribution is -2.37. The first-order chi connectivity index (χ1) is 12.5. The molecule has 3 aromatic heterocycles. The van der Waals surface area contributed by atoms with Crippen LogP contribution in [-0.4, -0.2) is 20.1 Å². The summed E-state index contributed by atoms with van der Waals surface area (Å²) in [7, 11) is 2.92. The van der Waals surface area contributed by atoms with Gasteiger partial charge in [-0.05, 0) is 17.5 Å². The molecule has 0 saturated heterocycles. The molecule has 0 aromatic carbocycles. The fraction of sp³-hybridized carbons (Fsp3) is 0.176. The Kier molecular flexibility index (Phi) is 5.29. The fourth-order valence-electron chi connectivity index (χ4n) is 2.19. The van der Waals surface area contributed by atoms with Crippen LogP contribution >= 0.6 is 22.7 Å². The molecule has 134 valence electrons. The van der Waals surface area contributed by atoms with Gasteiger partial charge < -0.3 is 9.30 Å². The molecule has 0 saturated carbocycles. The first kappa shape index (κ1) is 18.0. The maximum absolute atomic E-state index is 12.0. The van der Waals surface area contributed by atoms with Crippen molar-refractivity contribution in [2.75, 3.05) is 0 Å². The highest BCUT2D eigenvalue weighted by Crippen LogP contribution is 2.25. The van der Waals surface area contributed by atoms with Gasteiger partial charge in [0.05, 0.1) is 11.3 Å². The van der Waals surface area contributed by atoms with Crippen molar-refractivity contribution in [3.8, 4) is 10.6 Å². The molecule has 3 aromatic rings. The van der Waals surface area contributed by atoms with Crippen molar-refractivity contribution in [1.82, 2.24) is 14.1 Å². The van der Waals surface area contributed by atoms with Crippen molar-refractivity contribution in [3.05, 3.63) is 66.6 Å². The summed E-state index contributed by atoms with van der Waals surface area (Å²) < 4.78 is 7.40. The van der Waals surface area contributed by atoms with Crippen LogP contribution < -0.4 is 11.2 Å². The number of nitrogens with zero attached hydrogens (tertiary/aromatic N) is 3. The van der Waals surface area contributed by atoms with Gasteiger partial charge in [0.2, 0.25) is 0 Å². The molecule has 3 heterocycles. The first-order valence-electron chi connectivity index (χ1n) is 7.54. The van der Waals surface area contributed by atoms with Crippen LogP contribution in [0.4, 0.5) is 0 Å². The van der Waals surface area contributed by atoms with E-state index in [2.05, 4.69) is 4.98 Å². The van der Waals surface area contributed by atoms with E-state index in [4.69, 9.17) is 4.74 Å². The lowest BCUT2D eigenvalue weighted by Gasteiger charge is -2.03. The normalized spacial score (nSPS) is 11.2. The van der Waals surface area contributed by atoms with E-state index in [1.165, 1.54) is 42.3 Å². The summed E-state index contributed by atoms with van der Waals surface area (Å²) in [5.41, 5.74) is 1.02. The molecule has 26 heavy (non-hydrogen) atoms. The Balaban J connectivity index is 1.64. The highest BCUT2D eigenvalue weighted by molar-refractivity contribution is 7.14. The van der Waals surface area contributed by atoms with Gasteiger partial charge in [-0.25, -0.2) is 14.6 Å². The molecule has 0 spiro atoms. The Morgan fingerprint density at radius 2 is 2.12 bits per heavy atom. The number of rotatable bonds is 5. The summed E-state index contributed by atoms with van der Waals surface area (Å²) in [5, 5.41) is 6.70.